The molecule has 150 valence electrons. The van der Waals surface area contributed by atoms with Crippen molar-refractivity contribution in [3.8, 4) is 16.4 Å². The molecular weight excluding hydrogens is 432 g/mol. The fourth-order valence-electron chi connectivity index (χ4n) is 2.38. The van der Waals surface area contributed by atoms with E-state index in [1.165, 1.54) is 0 Å². The van der Waals surface area contributed by atoms with Crippen LogP contribution in [0.2, 0.25) is 0 Å². The summed E-state index contributed by atoms with van der Waals surface area (Å²) >= 11 is 0.887. The lowest BCUT2D eigenvalue weighted by Crippen LogP contribution is -2.58. The van der Waals surface area contributed by atoms with E-state index in [-0.39, 0.29) is 4.34 Å². The van der Waals surface area contributed by atoms with Gasteiger partial charge in [0.2, 0.25) is 4.34 Å². The van der Waals surface area contributed by atoms with E-state index in [0.29, 0.717) is 5.13 Å². The van der Waals surface area contributed by atoms with Crippen LogP contribution in [0.15, 0.2) is 46.8 Å². The molecule has 0 aliphatic rings. The number of aromatic nitrogens is 3. The highest BCUT2D eigenvalue weighted by Gasteiger charge is 2.24. The molecule has 0 aliphatic carbocycles. The Bertz CT molecular complexity index is 1060. The molecule has 3 aromatic rings. The molecule has 0 fully saturated rings. The molecule has 2 heterocycles. The van der Waals surface area contributed by atoms with E-state index in [9.17, 15) is 8.42 Å². The second-order valence-corrected chi connectivity index (χ2v) is 8.91. The lowest BCUT2D eigenvalue weighted by Gasteiger charge is -2.08. The van der Waals surface area contributed by atoms with Gasteiger partial charge in [-0.2, -0.15) is 18.5 Å². The molecule has 0 aliphatic heterocycles. The van der Waals surface area contributed by atoms with Crippen LogP contribution in [0.3, 0.4) is 0 Å². The minimum Gasteiger partial charge on any atom is -0.558 e. The van der Waals surface area contributed by atoms with Gasteiger partial charge in [-0.05, 0) is 48.0 Å². The zero-order valence-electron chi connectivity index (χ0n) is 14.6. The molecular formula is C15H15ClN4O6S2. The van der Waals surface area contributed by atoms with Crippen molar-refractivity contribution >= 4 is 21.4 Å². The molecule has 0 amide bonds. The van der Waals surface area contributed by atoms with Crippen molar-refractivity contribution in [1.82, 2.24) is 10.2 Å². The van der Waals surface area contributed by atoms with E-state index in [1.807, 2.05) is 60.9 Å². The molecule has 10 nitrogen and oxygen atoms in total. The van der Waals surface area contributed by atoms with Crippen LogP contribution in [0.5, 0.6) is 0 Å². The first-order valence-corrected chi connectivity index (χ1v) is 11.0. The molecule has 0 radical (unpaired) electrons. The lowest BCUT2D eigenvalue weighted by molar-refractivity contribution is -1.92. The third kappa shape index (κ3) is 6.25. The summed E-state index contributed by atoms with van der Waals surface area (Å²) in [7, 11) is -8.80. The average molecular weight is 447 g/mol. The predicted octanol–water partition coefficient (Wildman–Crippen LogP) is -1.28. The van der Waals surface area contributed by atoms with Crippen LogP contribution in [-0.2, 0) is 10.0 Å². The van der Waals surface area contributed by atoms with Crippen molar-refractivity contribution in [3.05, 3.63) is 58.9 Å². The second kappa shape index (κ2) is 8.55. The van der Waals surface area contributed by atoms with E-state index in [0.717, 1.165) is 33.9 Å². The molecule has 0 saturated carbocycles. The Morgan fingerprint density at radius 1 is 1.11 bits per heavy atom. The Morgan fingerprint density at radius 3 is 2.18 bits per heavy atom. The van der Waals surface area contributed by atoms with E-state index in [4.69, 9.17) is 23.8 Å². The zero-order valence-corrected chi connectivity index (χ0v) is 17.0. The van der Waals surface area contributed by atoms with Crippen LogP contribution in [0, 0.1) is 24.1 Å². The van der Waals surface area contributed by atoms with E-state index >= 15 is 0 Å². The molecule has 2 aromatic heterocycles. The summed E-state index contributed by atoms with van der Waals surface area (Å²) in [5.74, 6) is 0. The third-order valence-electron chi connectivity index (χ3n) is 3.28. The summed E-state index contributed by atoms with van der Waals surface area (Å²) in [6.07, 6.45) is 0. The SMILES string of the molecule is Cc1cc(C)[n+](-c2nnc(S([NH-])(=O)=O)s2)c(-c2ccccc2)c1.[O-][Cl+3]([O-])([O-])O. The minimum absolute atomic E-state index is 0.306. The first kappa shape index (κ1) is 22.3. The van der Waals surface area contributed by atoms with Gasteiger partial charge in [0, 0.05) is 5.56 Å². The highest BCUT2D eigenvalue weighted by Crippen LogP contribution is 2.22. The molecule has 0 spiro atoms. The molecule has 0 saturated heterocycles. The van der Waals surface area contributed by atoms with Gasteiger partial charge in [-0.25, -0.2) is 8.42 Å². The molecule has 0 atom stereocenters. The summed E-state index contributed by atoms with van der Waals surface area (Å²) in [5.41, 5.74) is 3.89. The van der Waals surface area contributed by atoms with Gasteiger partial charge in [-0.3, -0.25) is 0 Å². The van der Waals surface area contributed by atoms with Gasteiger partial charge in [-0.15, -0.1) is 0 Å². The molecule has 1 aromatic carbocycles. The standard InChI is InChI=1S/C15H14N4O2S2.ClHO4/c1-10-8-11(2)19(13(9-10)12-6-4-3-5-7-12)14-17-18-15(22-14)23(16,20)21;2-1(3,4)5/h3-9H,1-2H3,(H-,16,20,21);(H,2,3,4,5). The van der Waals surface area contributed by atoms with Crippen LogP contribution >= 0.6 is 11.3 Å². The number of aryl methyl sites for hydroxylation is 2. The quantitative estimate of drug-likeness (QED) is 0.483. The van der Waals surface area contributed by atoms with Gasteiger partial charge in [0.1, 0.15) is 21.4 Å². The maximum absolute atomic E-state index is 11.3. The Labute approximate surface area is 166 Å². The maximum atomic E-state index is 11.3. The minimum atomic E-state index is -4.69. The Kier molecular flexibility index (Phi) is 6.80. The summed E-state index contributed by atoms with van der Waals surface area (Å²) in [6, 6.07) is 13.8. The molecule has 28 heavy (non-hydrogen) atoms. The summed E-state index contributed by atoms with van der Waals surface area (Å²) in [4.78, 5) is 0. The summed E-state index contributed by atoms with van der Waals surface area (Å²) in [6.45, 7) is 3.93. The molecule has 2 N–H and O–H groups in total. The van der Waals surface area contributed by atoms with Crippen molar-refractivity contribution in [2.75, 3.05) is 0 Å². The number of rotatable bonds is 3. The lowest BCUT2D eigenvalue weighted by atomic mass is 10.1. The largest absolute Gasteiger partial charge is 0.558 e. The van der Waals surface area contributed by atoms with E-state index < -0.39 is 20.3 Å². The maximum Gasteiger partial charge on any atom is 0.416 e. The number of pyridine rings is 1. The van der Waals surface area contributed by atoms with Crippen molar-refractivity contribution < 1.29 is 41.9 Å². The van der Waals surface area contributed by atoms with Gasteiger partial charge in [0.25, 0.3) is 0 Å². The number of benzene rings is 1. The van der Waals surface area contributed by atoms with Gasteiger partial charge in [-0.1, -0.05) is 30.3 Å². The van der Waals surface area contributed by atoms with Gasteiger partial charge in [0.15, 0.2) is 0 Å². The number of nitrogens with one attached hydrogen (secondary N) is 1. The number of hydrogen-bond acceptors (Lipinski definition) is 9. The monoisotopic (exact) mass is 446 g/mol. The highest BCUT2D eigenvalue weighted by molar-refractivity contribution is 7.94. The third-order valence-corrected chi connectivity index (χ3v) is 5.43. The van der Waals surface area contributed by atoms with Crippen molar-refractivity contribution in [3.63, 3.8) is 0 Å². The van der Waals surface area contributed by atoms with Crippen LogP contribution in [0.25, 0.3) is 21.5 Å². The van der Waals surface area contributed by atoms with Crippen LogP contribution < -0.4 is 18.5 Å². The zero-order chi connectivity index (χ0) is 21.1. The first-order chi connectivity index (χ1) is 12.9. The fourth-order valence-corrected chi connectivity index (χ4v) is 3.85. The van der Waals surface area contributed by atoms with Gasteiger partial charge >= 0.3 is 5.13 Å². The second-order valence-electron chi connectivity index (χ2n) is 5.51. The number of sulfonamides is 1. The van der Waals surface area contributed by atoms with E-state index in [2.05, 4.69) is 10.2 Å². The topological polar surface area (TPSA) is 177 Å². The average Bonchev–Trinajstić information content (AvgIpc) is 3.03. The van der Waals surface area contributed by atoms with E-state index in [1.54, 1.807) is 0 Å². The molecule has 3 rings (SSSR count). The Hall–Kier alpha value is -2.03. The smallest absolute Gasteiger partial charge is 0.416 e. The fraction of sp³-hybridized carbons (Fsp3) is 0.133. The summed E-state index contributed by atoms with van der Waals surface area (Å²) < 4.78 is 56.9. The number of nitrogens with zero attached hydrogens (tertiary/aromatic N) is 3. The van der Waals surface area contributed by atoms with Gasteiger partial charge in [0.05, 0.1) is 20.0 Å². The highest BCUT2D eigenvalue weighted by atomic mass is 35.7. The van der Waals surface area contributed by atoms with Crippen LogP contribution in [0.4, 0.5) is 0 Å². The van der Waals surface area contributed by atoms with Crippen molar-refractivity contribution in [2.24, 2.45) is 0 Å². The van der Waals surface area contributed by atoms with Crippen LogP contribution in [-0.4, -0.2) is 23.3 Å². The molecule has 0 bridgehead atoms. The Morgan fingerprint density at radius 2 is 1.68 bits per heavy atom. The summed E-state index contributed by atoms with van der Waals surface area (Å²) in [5, 5.41) is 15.1. The van der Waals surface area contributed by atoms with Crippen molar-refractivity contribution in [2.45, 2.75) is 18.2 Å². The first-order valence-electron chi connectivity index (χ1n) is 7.42. The molecule has 0 unspecified atom stereocenters. The number of hydrogen-bond donors (Lipinski definition) is 1. The van der Waals surface area contributed by atoms with Crippen LogP contribution in [0.1, 0.15) is 11.3 Å². The number of halogens is 1. The van der Waals surface area contributed by atoms with Gasteiger partial charge < -0.3 is 5.14 Å². The molecule has 13 heteroatoms. The normalized spacial score (nSPS) is 11.7. The predicted molar refractivity (Wildman–Crippen MR) is 90.1 cm³/mol. The Balaban J connectivity index is 0.000000500. The van der Waals surface area contributed by atoms with Crippen molar-refractivity contribution in [1.29, 1.82) is 0 Å².